The summed E-state index contributed by atoms with van der Waals surface area (Å²) in [4.78, 5) is 11.2. The third kappa shape index (κ3) is 2.51. The molecule has 0 amide bonds. The van der Waals surface area contributed by atoms with Crippen molar-refractivity contribution in [2.75, 3.05) is 20.1 Å². The van der Waals surface area contributed by atoms with Gasteiger partial charge in [0.1, 0.15) is 5.82 Å². The molecule has 19 heavy (non-hydrogen) atoms. The van der Waals surface area contributed by atoms with Crippen LogP contribution in [0.25, 0.3) is 0 Å². The van der Waals surface area contributed by atoms with Crippen LogP contribution < -0.4 is 5.32 Å². The number of hydrogen-bond acceptors (Lipinski definition) is 4. The lowest BCUT2D eigenvalue weighted by Gasteiger charge is -2.60. The molecular weight excluding hydrogens is 236 g/mol. The second-order valence-electron chi connectivity index (χ2n) is 6.16. The van der Waals surface area contributed by atoms with Crippen LogP contribution in [-0.4, -0.2) is 40.5 Å². The van der Waals surface area contributed by atoms with Crippen LogP contribution in [-0.2, 0) is 13.0 Å². The Kier molecular flexibility index (Phi) is 3.54. The zero-order valence-corrected chi connectivity index (χ0v) is 12.0. The summed E-state index contributed by atoms with van der Waals surface area (Å²) >= 11 is 0. The molecule has 2 fully saturated rings. The molecule has 1 aromatic heterocycles. The highest BCUT2D eigenvalue weighted by Gasteiger charge is 2.51. The fraction of sp³-hybridized carbons (Fsp3) is 0.733. The number of aryl methyl sites for hydroxylation is 1. The number of likely N-dealkylation sites (tertiary alicyclic amines) is 1. The number of nitrogens with one attached hydrogen (secondary N) is 1. The molecule has 1 aliphatic carbocycles. The molecule has 3 rings (SSSR count). The fourth-order valence-corrected chi connectivity index (χ4v) is 3.40. The van der Waals surface area contributed by atoms with Crippen LogP contribution in [0.15, 0.2) is 12.4 Å². The monoisotopic (exact) mass is 260 g/mol. The van der Waals surface area contributed by atoms with Crippen LogP contribution in [0.5, 0.6) is 0 Å². The fourth-order valence-electron chi connectivity index (χ4n) is 3.40. The molecule has 2 aliphatic rings. The number of hydrogen-bond donors (Lipinski definition) is 1. The molecule has 4 nitrogen and oxygen atoms in total. The van der Waals surface area contributed by atoms with Crippen LogP contribution >= 0.6 is 0 Å². The molecule has 1 aliphatic heterocycles. The van der Waals surface area contributed by atoms with E-state index in [9.17, 15) is 0 Å². The topological polar surface area (TPSA) is 41.1 Å². The first kappa shape index (κ1) is 13.0. The Morgan fingerprint density at radius 3 is 2.63 bits per heavy atom. The molecule has 1 saturated heterocycles. The SMILES string of the molecule is CCc1ncc(CNCC2CC3(CCN3C)C2)cn1. The summed E-state index contributed by atoms with van der Waals surface area (Å²) in [6.07, 6.45) is 8.96. The van der Waals surface area contributed by atoms with Gasteiger partial charge in [0.25, 0.3) is 0 Å². The van der Waals surface area contributed by atoms with Gasteiger partial charge < -0.3 is 10.2 Å². The van der Waals surface area contributed by atoms with Gasteiger partial charge in [0.2, 0.25) is 0 Å². The van der Waals surface area contributed by atoms with E-state index >= 15 is 0 Å². The zero-order valence-electron chi connectivity index (χ0n) is 12.0. The molecule has 4 heteroatoms. The molecule has 104 valence electrons. The average Bonchev–Trinajstić information content (AvgIpc) is 2.40. The Labute approximate surface area is 115 Å². The van der Waals surface area contributed by atoms with Crippen molar-refractivity contribution in [3.8, 4) is 0 Å². The van der Waals surface area contributed by atoms with Crippen LogP contribution in [0, 0.1) is 5.92 Å². The molecule has 1 aromatic rings. The van der Waals surface area contributed by atoms with Gasteiger partial charge in [-0.25, -0.2) is 9.97 Å². The van der Waals surface area contributed by atoms with Gasteiger partial charge in [-0.15, -0.1) is 0 Å². The molecule has 0 aromatic carbocycles. The van der Waals surface area contributed by atoms with Gasteiger partial charge in [-0.2, -0.15) is 0 Å². The summed E-state index contributed by atoms with van der Waals surface area (Å²) in [5.41, 5.74) is 1.78. The molecule has 1 saturated carbocycles. The maximum absolute atomic E-state index is 4.33. The normalized spacial score (nSPS) is 30.1. The van der Waals surface area contributed by atoms with Crippen molar-refractivity contribution in [1.29, 1.82) is 0 Å². The van der Waals surface area contributed by atoms with Crippen molar-refractivity contribution in [2.24, 2.45) is 5.92 Å². The Bertz CT molecular complexity index is 422. The number of rotatable bonds is 5. The van der Waals surface area contributed by atoms with E-state index in [4.69, 9.17) is 0 Å². The van der Waals surface area contributed by atoms with E-state index in [0.29, 0.717) is 5.54 Å². The lowest BCUT2D eigenvalue weighted by atomic mass is 9.62. The minimum absolute atomic E-state index is 0.595. The predicted molar refractivity (Wildman–Crippen MR) is 75.8 cm³/mol. The van der Waals surface area contributed by atoms with Gasteiger partial charge in [-0.05, 0) is 38.8 Å². The van der Waals surface area contributed by atoms with Crippen molar-refractivity contribution < 1.29 is 0 Å². The molecule has 0 radical (unpaired) electrons. The smallest absolute Gasteiger partial charge is 0.127 e. The molecule has 2 heterocycles. The van der Waals surface area contributed by atoms with Crippen LogP contribution in [0.1, 0.15) is 37.6 Å². The largest absolute Gasteiger partial charge is 0.312 e. The molecular formula is C15H24N4. The van der Waals surface area contributed by atoms with E-state index in [2.05, 4.69) is 34.2 Å². The first-order valence-corrected chi connectivity index (χ1v) is 7.43. The van der Waals surface area contributed by atoms with Crippen molar-refractivity contribution in [3.05, 3.63) is 23.8 Å². The second kappa shape index (κ2) is 5.17. The van der Waals surface area contributed by atoms with E-state index in [1.165, 1.54) is 31.4 Å². The highest BCUT2D eigenvalue weighted by molar-refractivity contribution is 5.09. The minimum atomic E-state index is 0.595. The molecule has 1 N–H and O–H groups in total. The van der Waals surface area contributed by atoms with E-state index in [0.717, 1.165) is 31.3 Å². The van der Waals surface area contributed by atoms with Crippen molar-refractivity contribution in [2.45, 2.75) is 44.7 Å². The first-order chi connectivity index (χ1) is 9.22. The number of aromatic nitrogens is 2. The van der Waals surface area contributed by atoms with Crippen LogP contribution in [0.2, 0.25) is 0 Å². The van der Waals surface area contributed by atoms with Gasteiger partial charge in [0.15, 0.2) is 0 Å². The summed E-state index contributed by atoms with van der Waals surface area (Å²) in [5.74, 6) is 1.79. The Balaban J connectivity index is 1.37. The van der Waals surface area contributed by atoms with Gasteiger partial charge in [-0.1, -0.05) is 6.92 Å². The minimum Gasteiger partial charge on any atom is -0.312 e. The highest BCUT2D eigenvalue weighted by atomic mass is 15.2. The zero-order chi connectivity index (χ0) is 13.3. The summed E-state index contributed by atoms with van der Waals surface area (Å²) in [6, 6.07) is 0. The standard InChI is InChI=1S/C15H24N4/c1-3-14-17-10-13(11-18-14)9-16-8-12-6-15(7-12)4-5-19(15)2/h10-12,16H,3-9H2,1-2H3. The maximum atomic E-state index is 4.33. The second-order valence-corrected chi connectivity index (χ2v) is 6.16. The molecule has 0 bridgehead atoms. The van der Waals surface area contributed by atoms with Gasteiger partial charge >= 0.3 is 0 Å². The summed E-state index contributed by atoms with van der Waals surface area (Å²) in [7, 11) is 2.26. The van der Waals surface area contributed by atoms with E-state index in [1.807, 2.05) is 12.4 Å². The third-order valence-corrected chi connectivity index (χ3v) is 4.90. The Morgan fingerprint density at radius 1 is 1.37 bits per heavy atom. The highest BCUT2D eigenvalue weighted by Crippen LogP contribution is 2.49. The predicted octanol–water partition coefficient (Wildman–Crippen LogP) is 1.61. The quantitative estimate of drug-likeness (QED) is 0.873. The lowest BCUT2D eigenvalue weighted by Crippen LogP contribution is -2.65. The maximum Gasteiger partial charge on any atom is 0.127 e. The number of nitrogens with zero attached hydrogens (tertiary/aromatic N) is 3. The van der Waals surface area contributed by atoms with Crippen molar-refractivity contribution in [3.63, 3.8) is 0 Å². The summed E-state index contributed by atoms with van der Waals surface area (Å²) < 4.78 is 0. The van der Waals surface area contributed by atoms with E-state index < -0.39 is 0 Å². The first-order valence-electron chi connectivity index (χ1n) is 7.43. The third-order valence-electron chi connectivity index (χ3n) is 4.90. The average molecular weight is 260 g/mol. The van der Waals surface area contributed by atoms with Crippen molar-refractivity contribution >= 4 is 0 Å². The Morgan fingerprint density at radius 2 is 2.11 bits per heavy atom. The van der Waals surface area contributed by atoms with Gasteiger partial charge in [0.05, 0.1) is 0 Å². The summed E-state index contributed by atoms with van der Waals surface area (Å²) in [5, 5.41) is 3.54. The molecule has 0 unspecified atom stereocenters. The van der Waals surface area contributed by atoms with Crippen LogP contribution in [0.4, 0.5) is 0 Å². The summed E-state index contributed by atoms with van der Waals surface area (Å²) in [6.45, 7) is 5.40. The Hall–Kier alpha value is -1.00. The molecule has 1 spiro atoms. The van der Waals surface area contributed by atoms with E-state index in [1.54, 1.807) is 0 Å². The van der Waals surface area contributed by atoms with Crippen molar-refractivity contribution in [1.82, 2.24) is 20.2 Å². The van der Waals surface area contributed by atoms with Gasteiger partial charge in [0, 0.05) is 43.0 Å². The van der Waals surface area contributed by atoms with Gasteiger partial charge in [-0.3, -0.25) is 0 Å². The van der Waals surface area contributed by atoms with E-state index in [-0.39, 0.29) is 0 Å². The molecule has 0 atom stereocenters. The van der Waals surface area contributed by atoms with Crippen LogP contribution in [0.3, 0.4) is 0 Å². The lowest BCUT2D eigenvalue weighted by molar-refractivity contribution is -0.0865.